The lowest BCUT2D eigenvalue weighted by Gasteiger charge is -2.21. The van der Waals surface area contributed by atoms with E-state index in [1.807, 2.05) is 0 Å². The molecule has 1 aromatic carbocycles. The number of ether oxygens (including phenoxy) is 1. The quantitative estimate of drug-likeness (QED) is 0.613. The van der Waals surface area contributed by atoms with Gasteiger partial charge in [0.25, 0.3) is 0 Å². The van der Waals surface area contributed by atoms with Crippen LogP contribution >= 0.6 is 0 Å². The van der Waals surface area contributed by atoms with E-state index >= 15 is 0 Å². The molecular formula is C15H19FN2O5S. The van der Waals surface area contributed by atoms with E-state index in [4.69, 9.17) is 4.74 Å². The van der Waals surface area contributed by atoms with Crippen molar-refractivity contribution in [1.29, 1.82) is 0 Å². The molecule has 0 aliphatic carbocycles. The van der Waals surface area contributed by atoms with E-state index in [2.05, 4.69) is 5.32 Å². The highest BCUT2D eigenvalue weighted by Crippen LogP contribution is 2.33. The van der Waals surface area contributed by atoms with Gasteiger partial charge in [0.2, 0.25) is 5.91 Å². The first-order valence-corrected chi connectivity index (χ1v) is 9.02. The summed E-state index contributed by atoms with van der Waals surface area (Å²) in [6.07, 6.45) is -0.0596. The molecule has 24 heavy (non-hydrogen) atoms. The van der Waals surface area contributed by atoms with Crippen molar-refractivity contribution < 1.29 is 26.6 Å². The molecule has 0 aromatic heterocycles. The van der Waals surface area contributed by atoms with Crippen LogP contribution in [0.25, 0.3) is 0 Å². The van der Waals surface area contributed by atoms with Crippen LogP contribution in [0.4, 0.5) is 15.3 Å². The average Bonchev–Trinajstić information content (AvgIpc) is 2.85. The van der Waals surface area contributed by atoms with Crippen LogP contribution in [0.3, 0.4) is 0 Å². The van der Waals surface area contributed by atoms with Gasteiger partial charge in [-0.3, -0.25) is 4.79 Å². The van der Waals surface area contributed by atoms with Crippen molar-refractivity contribution in [3.05, 3.63) is 23.8 Å². The van der Waals surface area contributed by atoms with Crippen molar-refractivity contribution in [1.82, 2.24) is 0 Å². The Morgan fingerprint density at radius 1 is 1.46 bits per heavy atom. The summed E-state index contributed by atoms with van der Waals surface area (Å²) < 4.78 is 39.4. The first kappa shape index (κ1) is 18.2. The molecular weight excluding hydrogens is 339 g/mol. The van der Waals surface area contributed by atoms with E-state index in [1.165, 1.54) is 11.0 Å². The third-order valence-electron chi connectivity index (χ3n) is 3.71. The molecule has 0 radical (unpaired) electrons. The van der Waals surface area contributed by atoms with E-state index in [1.54, 1.807) is 26.1 Å². The SMILES string of the molecule is CCOC(=O)c1ccc(NC)c(N2CC(CS(=O)(=O)F)CC2=O)c1. The monoisotopic (exact) mass is 358 g/mol. The molecule has 0 spiro atoms. The van der Waals surface area contributed by atoms with Gasteiger partial charge in [0.05, 0.1) is 29.3 Å². The highest BCUT2D eigenvalue weighted by molar-refractivity contribution is 7.86. The Morgan fingerprint density at radius 2 is 2.17 bits per heavy atom. The highest BCUT2D eigenvalue weighted by Gasteiger charge is 2.34. The Morgan fingerprint density at radius 3 is 2.75 bits per heavy atom. The summed E-state index contributed by atoms with van der Waals surface area (Å²) in [4.78, 5) is 25.4. The van der Waals surface area contributed by atoms with E-state index < -0.39 is 27.9 Å². The summed E-state index contributed by atoms with van der Waals surface area (Å²) in [5.41, 5.74) is 1.31. The zero-order chi connectivity index (χ0) is 17.9. The topological polar surface area (TPSA) is 92.8 Å². The van der Waals surface area contributed by atoms with Gasteiger partial charge in [-0.1, -0.05) is 0 Å². The number of hydrogen-bond donors (Lipinski definition) is 1. The molecule has 0 bridgehead atoms. The van der Waals surface area contributed by atoms with Crippen molar-refractivity contribution in [3.8, 4) is 0 Å². The molecule has 1 saturated heterocycles. The fourth-order valence-corrected chi connectivity index (χ4v) is 3.50. The van der Waals surface area contributed by atoms with Crippen molar-refractivity contribution >= 4 is 33.5 Å². The number of rotatable bonds is 6. The summed E-state index contributed by atoms with van der Waals surface area (Å²) in [6, 6.07) is 4.71. The smallest absolute Gasteiger partial charge is 0.338 e. The van der Waals surface area contributed by atoms with Crippen LogP contribution in [0.1, 0.15) is 23.7 Å². The third kappa shape index (κ3) is 4.22. The van der Waals surface area contributed by atoms with Crippen LogP contribution in [0, 0.1) is 5.92 Å². The lowest BCUT2D eigenvalue weighted by molar-refractivity contribution is -0.117. The highest BCUT2D eigenvalue weighted by atomic mass is 32.3. The van der Waals surface area contributed by atoms with Crippen LogP contribution in [0.15, 0.2) is 18.2 Å². The number of amides is 1. The largest absolute Gasteiger partial charge is 0.462 e. The lowest BCUT2D eigenvalue weighted by Crippen LogP contribution is -2.26. The number of esters is 1. The zero-order valence-corrected chi connectivity index (χ0v) is 14.2. The minimum absolute atomic E-state index is 0.0596. The van der Waals surface area contributed by atoms with Crippen molar-refractivity contribution in [2.45, 2.75) is 13.3 Å². The fraction of sp³-hybridized carbons (Fsp3) is 0.467. The van der Waals surface area contributed by atoms with Gasteiger partial charge in [0.1, 0.15) is 0 Å². The molecule has 1 unspecified atom stereocenters. The minimum Gasteiger partial charge on any atom is -0.462 e. The fourth-order valence-electron chi connectivity index (χ4n) is 2.72. The second-order valence-corrected chi connectivity index (χ2v) is 6.89. The van der Waals surface area contributed by atoms with Gasteiger partial charge in [-0.15, -0.1) is 3.89 Å². The number of nitrogens with one attached hydrogen (secondary N) is 1. The predicted octanol–water partition coefficient (Wildman–Crippen LogP) is 1.56. The Hall–Kier alpha value is -2.16. The molecule has 1 aliphatic rings. The Bertz CT molecular complexity index is 750. The van der Waals surface area contributed by atoms with Crippen LogP contribution in [0.2, 0.25) is 0 Å². The van der Waals surface area contributed by atoms with Gasteiger partial charge < -0.3 is 15.0 Å². The molecule has 1 fully saturated rings. The van der Waals surface area contributed by atoms with Gasteiger partial charge in [-0.2, -0.15) is 8.42 Å². The van der Waals surface area contributed by atoms with Crippen LogP contribution in [-0.4, -0.2) is 46.2 Å². The van der Waals surface area contributed by atoms with Crippen LogP contribution in [0.5, 0.6) is 0 Å². The van der Waals surface area contributed by atoms with Gasteiger partial charge in [0.15, 0.2) is 0 Å². The van der Waals surface area contributed by atoms with Gasteiger partial charge >= 0.3 is 16.2 Å². The molecule has 1 amide bonds. The number of hydrogen-bond acceptors (Lipinski definition) is 6. The molecule has 9 heteroatoms. The summed E-state index contributed by atoms with van der Waals surface area (Å²) in [5.74, 6) is -2.15. The zero-order valence-electron chi connectivity index (χ0n) is 13.4. The second-order valence-electron chi connectivity index (χ2n) is 5.48. The second kappa shape index (κ2) is 7.16. The van der Waals surface area contributed by atoms with E-state index in [0.29, 0.717) is 11.4 Å². The summed E-state index contributed by atoms with van der Waals surface area (Å²) >= 11 is 0. The van der Waals surface area contributed by atoms with Crippen molar-refractivity contribution in [3.63, 3.8) is 0 Å². The average molecular weight is 358 g/mol. The molecule has 1 aromatic rings. The molecule has 7 nitrogen and oxygen atoms in total. The Labute approximate surface area is 140 Å². The maximum absolute atomic E-state index is 12.9. The number of carbonyl (C=O) groups is 2. The maximum atomic E-state index is 12.9. The normalized spacial score (nSPS) is 17.9. The van der Waals surface area contributed by atoms with Gasteiger partial charge in [0, 0.05) is 25.9 Å². The van der Waals surface area contributed by atoms with Crippen LogP contribution < -0.4 is 10.2 Å². The summed E-state index contributed by atoms with van der Waals surface area (Å²) in [7, 11) is -2.99. The molecule has 1 N–H and O–H groups in total. The van der Waals surface area contributed by atoms with E-state index in [-0.39, 0.29) is 31.0 Å². The number of benzene rings is 1. The summed E-state index contributed by atoms with van der Waals surface area (Å²) in [5, 5.41) is 2.92. The van der Waals surface area contributed by atoms with E-state index in [9.17, 15) is 21.9 Å². The predicted molar refractivity (Wildman–Crippen MR) is 87.3 cm³/mol. The molecule has 0 saturated carbocycles. The third-order valence-corrected chi connectivity index (χ3v) is 4.58. The first-order chi connectivity index (χ1) is 11.2. The molecule has 2 rings (SSSR count). The number of anilines is 2. The molecule has 1 aliphatic heterocycles. The Kier molecular flexibility index (Phi) is 5.43. The molecule has 1 atom stereocenters. The van der Waals surface area contributed by atoms with Crippen LogP contribution in [-0.2, 0) is 19.8 Å². The van der Waals surface area contributed by atoms with E-state index in [0.717, 1.165) is 0 Å². The Balaban J connectivity index is 2.31. The summed E-state index contributed by atoms with van der Waals surface area (Å²) in [6.45, 7) is 1.98. The number of nitrogens with zero attached hydrogens (tertiary/aromatic N) is 1. The standard InChI is InChI=1S/C15H19FN2O5S/c1-3-23-15(20)11-4-5-12(17-2)13(7-11)18-8-10(6-14(18)19)9-24(16,21)22/h4-5,7,10,17H,3,6,8-9H2,1-2H3. The van der Waals surface area contributed by atoms with Crippen molar-refractivity contribution in [2.75, 3.05) is 36.2 Å². The van der Waals surface area contributed by atoms with Gasteiger partial charge in [-0.25, -0.2) is 4.79 Å². The molecule has 1 heterocycles. The number of carbonyl (C=O) groups excluding carboxylic acids is 2. The minimum atomic E-state index is -4.65. The van der Waals surface area contributed by atoms with Crippen molar-refractivity contribution in [2.24, 2.45) is 5.92 Å². The lowest BCUT2D eigenvalue weighted by atomic mass is 10.1. The number of halogens is 1. The first-order valence-electron chi connectivity index (χ1n) is 7.46. The van der Waals surface area contributed by atoms with Gasteiger partial charge in [-0.05, 0) is 25.1 Å². The molecule has 132 valence electrons. The maximum Gasteiger partial charge on any atom is 0.338 e.